The van der Waals surface area contributed by atoms with E-state index in [1.54, 1.807) is 6.07 Å². The highest BCUT2D eigenvalue weighted by atomic mass is 16.5. The molecule has 0 aromatic heterocycles. The molecule has 1 rings (SSSR count). The number of nitroso groups, excluding NO2 is 1. The molecule has 0 amide bonds. The molecule has 0 unspecified atom stereocenters. The second kappa shape index (κ2) is 4.53. The fraction of sp³-hybridized carbons (Fsp3) is 0.417. The van der Waals surface area contributed by atoms with Crippen LogP contribution < -0.4 is 4.74 Å². The summed E-state index contributed by atoms with van der Waals surface area (Å²) >= 11 is 0. The molecular formula is C12H15NO4. The van der Waals surface area contributed by atoms with Gasteiger partial charge in [-0.2, -0.15) is 0 Å². The van der Waals surface area contributed by atoms with E-state index in [-0.39, 0.29) is 22.4 Å². The summed E-state index contributed by atoms with van der Waals surface area (Å²) in [5.41, 5.74) is 0.424. The van der Waals surface area contributed by atoms with Crippen LogP contribution in [-0.4, -0.2) is 18.2 Å². The van der Waals surface area contributed by atoms with Crippen molar-refractivity contribution in [3.8, 4) is 5.75 Å². The Labute approximate surface area is 99.4 Å². The maximum atomic E-state index is 11.1. The Kier molecular flexibility index (Phi) is 3.50. The topological polar surface area (TPSA) is 76.0 Å². The van der Waals surface area contributed by atoms with Crippen molar-refractivity contribution in [2.24, 2.45) is 5.18 Å². The first-order chi connectivity index (χ1) is 7.81. The average Bonchev–Trinajstić information content (AvgIpc) is 2.25. The number of hydrogen-bond acceptors (Lipinski definition) is 4. The summed E-state index contributed by atoms with van der Waals surface area (Å²) in [5, 5.41) is 11.9. The van der Waals surface area contributed by atoms with E-state index < -0.39 is 5.97 Å². The van der Waals surface area contributed by atoms with Crippen LogP contribution in [0, 0.1) is 4.91 Å². The molecule has 0 fully saturated rings. The minimum atomic E-state index is -1.14. The van der Waals surface area contributed by atoms with E-state index in [1.807, 2.05) is 20.8 Å². The van der Waals surface area contributed by atoms with E-state index in [2.05, 4.69) is 5.18 Å². The number of ether oxygens (including phenoxy) is 1. The third kappa shape index (κ3) is 2.61. The molecule has 0 aliphatic heterocycles. The Morgan fingerprint density at radius 1 is 1.35 bits per heavy atom. The van der Waals surface area contributed by atoms with Gasteiger partial charge in [0.2, 0.25) is 0 Å². The number of rotatable bonds is 3. The molecule has 0 radical (unpaired) electrons. The molecule has 92 valence electrons. The van der Waals surface area contributed by atoms with Gasteiger partial charge in [-0.3, -0.25) is 0 Å². The van der Waals surface area contributed by atoms with E-state index in [9.17, 15) is 9.70 Å². The van der Waals surface area contributed by atoms with Gasteiger partial charge in [0.25, 0.3) is 0 Å². The third-order valence-electron chi connectivity index (χ3n) is 2.47. The predicted molar refractivity (Wildman–Crippen MR) is 64.1 cm³/mol. The lowest BCUT2D eigenvalue weighted by atomic mass is 9.85. The van der Waals surface area contributed by atoms with Crippen LogP contribution in [-0.2, 0) is 5.41 Å². The summed E-state index contributed by atoms with van der Waals surface area (Å²) in [6.07, 6.45) is 0. The quantitative estimate of drug-likeness (QED) is 0.819. The zero-order chi connectivity index (χ0) is 13.2. The first-order valence-corrected chi connectivity index (χ1v) is 5.10. The smallest absolute Gasteiger partial charge is 0.339 e. The van der Waals surface area contributed by atoms with E-state index in [1.165, 1.54) is 13.2 Å². The fourth-order valence-electron chi connectivity index (χ4n) is 1.49. The lowest BCUT2D eigenvalue weighted by molar-refractivity contribution is 0.0693. The number of methoxy groups -OCH3 is 1. The lowest BCUT2D eigenvalue weighted by Crippen LogP contribution is -2.13. The number of benzene rings is 1. The SMILES string of the molecule is COc1c(N=O)cc(C(C)(C)C)cc1C(=O)O. The van der Waals surface area contributed by atoms with Crippen molar-refractivity contribution in [1.82, 2.24) is 0 Å². The summed E-state index contributed by atoms with van der Waals surface area (Å²) in [5.74, 6) is -1.14. The molecule has 1 N–H and O–H groups in total. The molecular weight excluding hydrogens is 222 g/mol. The van der Waals surface area contributed by atoms with Crippen molar-refractivity contribution >= 4 is 11.7 Å². The van der Waals surface area contributed by atoms with Crippen molar-refractivity contribution < 1.29 is 14.6 Å². The van der Waals surface area contributed by atoms with Crippen LogP contribution in [0.5, 0.6) is 5.75 Å². The Balaban J connectivity index is 3.57. The maximum Gasteiger partial charge on any atom is 0.339 e. The molecule has 5 heteroatoms. The fourth-order valence-corrected chi connectivity index (χ4v) is 1.49. The zero-order valence-electron chi connectivity index (χ0n) is 10.3. The van der Waals surface area contributed by atoms with Gasteiger partial charge in [0.1, 0.15) is 5.56 Å². The summed E-state index contributed by atoms with van der Waals surface area (Å²) in [6, 6.07) is 3.06. The van der Waals surface area contributed by atoms with Gasteiger partial charge >= 0.3 is 5.97 Å². The standard InChI is InChI=1S/C12H15NO4/c1-12(2,3)7-5-8(11(14)15)10(17-4)9(6-7)13-16/h5-6H,1-4H3,(H,14,15). The molecule has 0 heterocycles. The van der Waals surface area contributed by atoms with Crippen LogP contribution in [0.3, 0.4) is 0 Å². The molecule has 0 atom stereocenters. The van der Waals surface area contributed by atoms with Crippen LogP contribution in [0.25, 0.3) is 0 Å². The minimum Gasteiger partial charge on any atom is -0.493 e. The lowest BCUT2D eigenvalue weighted by Gasteiger charge is -2.20. The molecule has 0 bridgehead atoms. The monoisotopic (exact) mass is 237 g/mol. The molecule has 0 spiro atoms. The van der Waals surface area contributed by atoms with Crippen LogP contribution in [0.1, 0.15) is 36.7 Å². The van der Waals surface area contributed by atoms with E-state index in [0.29, 0.717) is 0 Å². The van der Waals surface area contributed by atoms with Gasteiger partial charge in [-0.15, -0.1) is 4.91 Å². The number of nitrogens with zero attached hydrogens (tertiary/aromatic N) is 1. The van der Waals surface area contributed by atoms with Crippen molar-refractivity contribution in [3.63, 3.8) is 0 Å². The van der Waals surface area contributed by atoms with Gasteiger partial charge in [0.15, 0.2) is 11.4 Å². The van der Waals surface area contributed by atoms with Gasteiger partial charge in [0, 0.05) is 0 Å². The van der Waals surface area contributed by atoms with Gasteiger partial charge < -0.3 is 9.84 Å². The summed E-state index contributed by atoms with van der Waals surface area (Å²) in [4.78, 5) is 21.8. The third-order valence-corrected chi connectivity index (χ3v) is 2.47. The largest absolute Gasteiger partial charge is 0.493 e. The summed E-state index contributed by atoms with van der Waals surface area (Å²) < 4.78 is 4.92. The second-order valence-electron chi connectivity index (χ2n) is 4.72. The van der Waals surface area contributed by atoms with Crippen LogP contribution in [0.2, 0.25) is 0 Å². The number of aromatic carboxylic acids is 1. The average molecular weight is 237 g/mol. The molecule has 0 aliphatic rings. The molecule has 1 aromatic rings. The Morgan fingerprint density at radius 3 is 2.29 bits per heavy atom. The summed E-state index contributed by atoms with van der Waals surface area (Å²) in [6.45, 7) is 5.78. The number of carboxylic acid groups (broad SMARTS) is 1. The van der Waals surface area contributed by atoms with Gasteiger partial charge in [0.05, 0.1) is 7.11 Å². The van der Waals surface area contributed by atoms with Gasteiger partial charge in [-0.25, -0.2) is 4.79 Å². The Bertz CT molecular complexity index is 460. The van der Waals surface area contributed by atoms with Crippen LogP contribution >= 0.6 is 0 Å². The van der Waals surface area contributed by atoms with Gasteiger partial charge in [-0.1, -0.05) is 20.8 Å². The van der Waals surface area contributed by atoms with Crippen LogP contribution in [0.4, 0.5) is 5.69 Å². The molecule has 0 saturated carbocycles. The first kappa shape index (κ1) is 13.2. The molecule has 17 heavy (non-hydrogen) atoms. The van der Waals surface area contributed by atoms with Crippen molar-refractivity contribution in [2.75, 3.05) is 7.11 Å². The zero-order valence-corrected chi connectivity index (χ0v) is 10.3. The normalized spacial score (nSPS) is 11.1. The van der Waals surface area contributed by atoms with Gasteiger partial charge in [-0.05, 0) is 28.3 Å². The molecule has 0 aliphatic carbocycles. The number of carboxylic acids is 1. The van der Waals surface area contributed by atoms with Crippen LogP contribution in [0.15, 0.2) is 17.3 Å². The van der Waals surface area contributed by atoms with E-state index in [4.69, 9.17) is 9.84 Å². The highest BCUT2D eigenvalue weighted by Gasteiger charge is 2.22. The second-order valence-corrected chi connectivity index (χ2v) is 4.72. The predicted octanol–water partition coefficient (Wildman–Crippen LogP) is 3.09. The number of hydrogen-bond donors (Lipinski definition) is 1. The highest BCUT2D eigenvalue weighted by Crippen LogP contribution is 2.36. The Morgan fingerprint density at radius 2 is 1.94 bits per heavy atom. The van der Waals surface area contributed by atoms with Crippen molar-refractivity contribution in [2.45, 2.75) is 26.2 Å². The molecule has 5 nitrogen and oxygen atoms in total. The van der Waals surface area contributed by atoms with E-state index >= 15 is 0 Å². The summed E-state index contributed by atoms with van der Waals surface area (Å²) in [7, 11) is 1.31. The van der Waals surface area contributed by atoms with Crippen molar-refractivity contribution in [1.29, 1.82) is 0 Å². The molecule has 0 saturated heterocycles. The van der Waals surface area contributed by atoms with Crippen molar-refractivity contribution in [3.05, 3.63) is 28.2 Å². The highest BCUT2D eigenvalue weighted by molar-refractivity contribution is 5.93. The molecule has 1 aromatic carbocycles. The first-order valence-electron chi connectivity index (χ1n) is 5.10. The van der Waals surface area contributed by atoms with E-state index in [0.717, 1.165) is 5.56 Å². The Hall–Kier alpha value is -1.91. The minimum absolute atomic E-state index is 0.000463. The number of carbonyl (C=O) groups is 1. The maximum absolute atomic E-state index is 11.1.